The third-order valence-electron chi connectivity index (χ3n) is 2.63. The van der Waals surface area contributed by atoms with E-state index in [0.717, 1.165) is 0 Å². The summed E-state index contributed by atoms with van der Waals surface area (Å²) < 4.78 is 3.22. The molecule has 0 saturated carbocycles. The molecule has 2 heterocycles. The van der Waals surface area contributed by atoms with Crippen molar-refractivity contribution in [1.29, 1.82) is 0 Å². The maximum Gasteiger partial charge on any atom is 0.319 e. The van der Waals surface area contributed by atoms with Gasteiger partial charge in [-0.15, -0.1) is 0 Å². The molecule has 0 bridgehead atoms. The van der Waals surface area contributed by atoms with Gasteiger partial charge in [0, 0.05) is 31.2 Å². The molecule has 0 radical (unpaired) electrons. The maximum absolute atomic E-state index is 11.8. The molecule has 4 N–H and O–H groups in total. The number of carbonyl (C=O) groups is 2. The number of urea groups is 1. The Morgan fingerprint density at radius 2 is 2.29 bits per heavy atom. The molecular weight excluding hydrogens is 274 g/mol. The number of carbonyl (C=O) groups excluding carboxylic acids is 2. The van der Waals surface area contributed by atoms with Gasteiger partial charge in [-0.1, -0.05) is 0 Å². The van der Waals surface area contributed by atoms with Crippen LogP contribution in [0.25, 0.3) is 0 Å². The normalized spacial score (nSPS) is 11.9. The summed E-state index contributed by atoms with van der Waals surface area (Å²) in [5.74, 6) is -0.497. The number of aromatic nitrogens is 4. The van der Waals surface area contributed by atoms with Crippen molar-refractivity contribution in [2.24, 2.45) is 5.73 Å². The second kappa shape index (κ2) is 6.55. The molecule has 0 aromatic carbocycles. The Balaban J connectivity index is 1.81. The first-order valence-corrected chi connectivity index (χ1v) is 6.37. The van der Waals surface area contributed by atoms with Crippen LogP contribution in [-0.4, -0.2) is 37.3 Å². The molecule has 0 aliphatic rings. The first-order chi connectivity index (χ1) is 10.0. The number of nitrogens with one attached hydrogen (secondary N) is 2. The molecule has 0 unspecified atom stereocenters. The molecule has 2 rings (SSSR count). The Morgan fingerprint density at radius 1 is 1.48 bits per heavy atom. The highest BCUT2D eigenvalue weighted by atomic mass is 16.2. The van der Waals surface area contributed by atoms with E-state index in [1.807, 2.05) is 17.7 Å². The minimum absolute atomic E-state index is 0.0274. The monoisotopic (exact) mass is 291 g/mol. The molecule has 3 amide bonds. The van der Waals surface area contributed by atoms with Gasteiger partial charge in [-0.05, 0) is 6.92 Å². The lowest BCUT2D eigenvalue weighted by Gasteiger charge is -2.14. The van der Waals surface area contributed by atoms with E-state index in [1.54, 1.807) is 12.5 Å². The van der Waals surface area contributed by atoms with Crippen molar-refractivity contribution in [3.63, 3.8) is 0 Å². The van der Waals surface area contributed by atoms with Crippen molar-refractivity contribution in [2.75, 3.05) is 5.32 Å². The summed E-state index contributed by atoms with van der Waals surface area (Å²) in [6, 6.07) is -0.416. The van der Waals surface area contributed by atoms with Crippen LogP contribution >= 0.6 is 0 Å². The standard InChI is InChI=1S/C12H17N7O2/c1-9(5-18-3-2-14-8-18)16-12(21)17-10-4-15-19(6-10)7-11(13)20/h2-4,6,8-9H,5,7H2,1H3,(H2,13,20)(H2,16,17,21)/t9-/m1/s1. The van der Waals surface area contributed by atoms with Crippen LogP contribution in [0, 0.1) is 0 Å². The molecule has 0 aliphatic heterocycles. The van der Waals surface area contributed by atoms with E-state index in [2.05, 4.69) is 20.7 Å². The Bertz CT molecular complexity index is 605. The fourth-order valence-corrected chi connectivity index (χ4v) is 1.82. The molecule has 2 aromatic heterocycles. The Labute approximate surface area is 121 Å². The highest BCUT2D eigenvalue weighted by molar-refractivity contribution is 5.89. The number of nitrogens with zero attached hydrogens (tertiary/aromatic N) is 4. The molecular formula is C12H17N7O2. The highest BCUT2D eigenvalue weighted by Crippen LogP contribution is 2.04. The van der Waals surface area contributed by atoms with Crippen molar-refractivity contribution in [2.45, 2.75) is 26.1 Å². The first kappa shape index (κ1) is 14.6. The van der Waals surface area contributed by atoms with Crippen molar-refractivity contribution in [3.05, 3.63) is 31.1 Å². The SMILES string of the molecule is C[C@H](Cn1ccnc1)NC(=O)Nc1cnn(CC(N)=O)c1. The van der Waals surface area contributed by atoms with Gasteiger partial charge in [0.05, 0.1) is 18.2 Å². The number of hydrogen-bond acceptors (Lipinski definition) is 4. The topological polar surface area (TPSA) is 120 Å². The van der Waals surface area contributed by atoms with E-state index in [9.17, 15) is 9.59 Å². The number of nitrogens with two attached hydrogens (primary N) is 1. The summed E-state index contributed by atoms with van der Waals surface area (Å²) >= 11 is 0. The second-order valence-corrected chi connectivity index (χ2v) is 4.65. The highest BCUT2D eigenvalue weighted by Gasteiger charge is 2.09. The minimum atomic E-state index is -0.497. The van der Waals surface area contributed by atoms with Crippen molar-refractivity contribution in [1.82, 2.24) is 24.6 Å². The van der Waals surface area contributed by atoms with E-state index < -0.39 is 5.91 Å². The molecule has 0 aliphatic carbocycles. The number of hydrogen-bond donors (Lipinski definition) is 3. The number of imidazole rings is 1. The smallest absolute Gasteiger partial charge is 0.319 e. The lowest BCUT2D eigenvalue weighted by Crippen LogP contribution is -2.38. The van der Waals surface area contributed by atoms with Gasteiger partial charge in [0.25, 0.3) is 0 Å². The Kier molecular flexibility index (Phi) is 4.54. The average molecular weight is 291 g/mol. The van der Waals surface area contributed by atoms with Crippen LogP contribution in [0.15, 0.2) is 31.1 Å². The molecule has 0 fully saturated rings. The number of primary amides is 1. The largest absolute Gasteiger partial charge is 0.368 e. The summed E-state index contributed by atoms with van der Waals surface area (Å²) in [6.07, 6.45) is 8.17. The number of anilines is 1. The van der Waals surface area contributed by atoms with Gasteiger partial charge >= 0.3 is 6.03 Å². The molecule has 2 aromatic rings. The first-order valence-electron chi connectivity index (χ1n) is 6.37. The van der Waals surface area contributed by atoms with Gasteiger partial charge in [-0.2, -0.15) is 5.10 Å². The molecule has 1 atom stereocenters. The van der Waals surface area contributed by atoms with Crippen LogP contribution in [0.5, 0.6) is 0 Å². The second-order valence-electron chi connectivity index (χ2n) is 4.65. The van der Waals surface area contributed by atoms with Crippen LogP contribution in [0.1, 0.15) is 6.92 Å². The lowest BCUT2D eigenvalue weighted by atomic mass is 10.3. The summed E-state index contributed by atoms with van der Waals surface area (Å²) in [5, 5.41) is 9.34. The van der Waals surface area contributed by atoms with Crippen molar-refractivity contribution < 1.29 is 9.59 Å². The van der Waals surface area contributed by atoms with E-state index in [4.69, 9.17) is 5.73 Å². The maximum atomic E-state index is 11.8. The van der Waals surface area contributed by atoms with Crippen LogP contribution in [0.2, 0.25) is 0 Å². The Hall–Kier alpha value is -2.84. The third-order valence-corrected chi connectivity index (χ3v) is 2.63. The predicted octanol–water partition coefficient (Wildman–Crippen LogP) is -0.225. The van der Waals surface area contributed by atoms with Crippen molar-refractivity contribution in [3.8, 4) is 0 Å². The van der Waals surface area contributed by atoms with Gasteiger partial charge in [0.2, 0.25) is 5.91 Å². The van der Waals surface area contributed by atoms with Gasteiger partial charge in [-0.3, -0.25) is 9.48 Å². The van der Waals surface area contributed by atoms with Crippen LogP contribution in [-0.2, 0) is 17.9 Å². The molecule has 112 valence electrons. The predicted molar refractivity (Wildman–Crippen MR) is 75.3 cm³/mol. The van der Waals surface area contributed by atoms with Gasteiger partial charge in [-0.25, -0.2) is 9.78 Å². The van der Waals surface area contributed by atoms with Crippen LogP contribution in [0.3, 0.4) is 0 Å². The molecule has 0 saturated heterocycles. The van der Waals surface area contributed by atoms with Crippen LogP contribution < -0.4 is 16.4 Å². The van der Waals surface area contributed by atoms with Gasteiger partial charge in [0.1, 0.15) is 6.54 Å². The van der Waals surface area contributed by atoms with E-state index >= 15 is 0 Å². The van der Waals surface area contributed by atoms with Crippen molar-refractivity contribution >= 4 is 17.6 Å². The molecule has 9 nitrogen and oxygen atoms in total. The summed E-state index contributed by atoms with van der Waals surface area (Å²) in [7, 11) is 0. The quantitative estimate of drug-likeness (QED) is 0.681. The van der Waals surface area contributed by atoms with E-state index in [1.165, 1.54) is 17.1 Å². The zero-order valence-corrected chi connectivity index (χ0v) is 11.6. The molecule has 9 heteroatoms. The zero-order chi connectivity index (χ0) is 15.2. The van der Waals surface area contributed by atoms with Crippen LogP contribution in [0.4, 0.5) is 10.5 Å². The minimum Gasteiger partial charge on any atom is -0.368 e. The Morgan fingerprint density at radius 3 is 2.95 bits per heavy atom. The number of rotatable bonds is 6. The lowest BCUT2D eigenvalue weighted by molar-refractivity contribution is -0.118. The summed E-state index contributed by atoms with van der Waals surface area (Å²) in [4.78, 5) is 26.5. The van der Waals surface area contributed by atoms with E-state index in [0.29, 0.717) is 12.2 Å². The molecule has 21 heavy (non-hydrogen) atoms. The fraction of sp³-hybridized carbons (Fsp3) is 0.333. The number of amides is 3. The van der Waals surface area contributed by atoms with Gasteiger partial charge in [0.15, 0.2) is 0 Å². The molecule has 0 spiro atoms. The third kappa shape index (κ3) is 4.64. The van der Waals surface area contributed by atoms with Gasteiger partial charge < -0.3 is 20.9 Å². The zero-order valence-electron chi connectivity index (χ0n) is 11.6. The van der Waals surface area contributed by atoms with E-state index in [-0.39, 0.29) is 18.6 Å². The average Bonchev–Trinajstić information content (AvgIpc) is 3.00. The fourth-order valence-electron chi connectivity index (χ4n) is 1.82. The summed E-state index contributed by atoms with van der Waals surface area (Å²) in [5.41, 5.74) is 5.55. The summed E-state index contributed by atoms with van der Waals surface area (Å²) in [6.45, 7) is 2.48.